The second-order valence-corrected chi connectivity index (χ2v) is 8.14. The van der Waals surface area contributed by atoms with Crippen molar-refractivity contribution in [2.75, 3.05) is 14.2 Å². The third kappa shape index (κ3) is 5.70. The summed E-state index contributed by atoms with van der Waals surface area (Å²) in [4.78, 5) is 24.4. The molecule has 0 bridgehead atoms. The van der Waals surface area contributed by atoms with Crippen molar-refractivity contribution in [3.05, 3.63) is 53.1 Å². The first-order valence-electron chi connectivity index (χ1n) is 10.7. The van der Waals surface area contributed by atoms with Crippen molar-refractivity contribution in [3.8, 4) is 17.2 Å². The van der Waals surface area contributed by atoms with Gasteiger partial charge in [0.25, 0.3) is 0 Å². The van der Waals surface area contributed by atoms with Gasteiger partial charge in [-0.15, -0.1) is 0 Å². The molecular weight excluding hydrogens is 410 g/mol. The number of ether oxygens (including phenoxy) is 2. The number of aryl methyl sites for hydroxylation is 1. The van der Waals surface area contributed by atoms with Gasteiger partial charge in [-0.3, -0.25) is 9.59 Å². The first kappa shape index (κ1) is 23.4. The van der Waals surface area contributed by atoms with E-state index in [2.05, 4.69) is 10.6 Å². The molecule has 0 aliphatic heterocycles. The number of benzene rings is 2. The van der Waals surface area contributed by atoms with E-state index >= 15 is 0 Å². The Balaban J connectivity index is 1.77. The van der Waals surface area contributed by atoms with Gasteiger partial charge in [0, 0.05) is 6.04 Å². The number of methoxy groups -OCH3 is 2. The molecule has 2 aromatic rings. The highest BCUT2D eigenvalue weighted by Crippen LogP contribution is 2.34. The van der Waals surface area contributed by atoms with E-state index in [-0.39, 0.29) is 17.7 Å². The SMILES string of the molecule is COc1cc2c(cc1OC)CC(N[C@@H](Cc1ccc(O)cc1)C(=O)N[C@@H](C)C(N)=O)CC2. The molecule has 0 aromatic heterocycles. The molecule has 0 heterocycles. The van der Waals surface area contributed by atoms with Crippen molar-refractivity contribution in [2.45, 2.75) is 50.7 Å². The molecule has 5 N–H and O–H groups in total. The van der Waals surface area contributed by atoms with Crippen LogP contribution in [-0.4, -0.2) is 49.3 Å². The molecule has 2 aromatic carbocycles. The Morgan fingerprint density at radius 2 is 1.75 bits per heavy atom. The lowest BCUT2D eigenvalue weighted by molar-refractivity contribution is -0.128. The fourth-order valence-electron chi connectivity index (χ4n) is 3.99. The standard InChI is InChI=1S/C24H31N3O5/c1-14(23(25)29)26-24(30)20(10-15-4-8-19(28)9-5-15)27-18-7-6-16-12-21(31-2)22(32-3)13-17(16)11-18/h4-5,8-9,12-14,18,20,27-28H,6-7,10-11H2,1-3H3,(H2,25,29)(H,26,30)/t14-,18?,20-/m0/s1. The average Bonchev–Trinajstić information content (AvgIpc) is 2.78. The molecule has 0 radical (unpaired) electrons. The maximum Gasteiger partial charge on any atom is 0.239 e. The number of carbonyl (C=O) groups is 2. The number of amides is 2. The lowest BCUT2D eigenvalue weighted by Crippen LogP contribution is -2.54. The van der Waals surface area contributed by atoms with Crippen LogP contribution in [0.1, 0.15) is 30.0 Å². The Bertz CT molecular complexity index is 961. The molecule has 8 nitrogen and oxygen atoms in total. The largest absolute Gasteiger partial charge is 0.508 e. The molecule has 172 valence electrons. The van der Waals surface area contributed by atoms with E-state index in [1.807, 2.05) is 12.1 Å². The van der Waals surface area contributed by atoms with Crippen LogP contribution in [0.5, 0.6) is 17.2 Å². The topological polar surface area (TPSA) is 123 Å². The predicted octanol–water partition coefficient (Wildman–Crippen LogP) is 1.46. The highest BCUT2D eigenvalue weighted by molar-refractivity contribution is 5.88. The number of hydrogen-bond donors (Lipinski definition) is 4. The third-order valence-corrected chi connectivity index (χ3v) is 5.85. The van der Waals surface area contributed by atoms with Gasteiger partial charge in [0.15, 0.2) is 11.5 Å². The quantitative estimate of drug-likeness (QED) is 0.467. The predicted molar refractivity (Wildman–Crippen MR) is 121 cm³/mol. The number of rotatable bonds is 9. The summed E-state index contributed by atoms with van der Waals surface area (Å²) in [5.74, 6) is 0.679. The molecule has 0 spiro atoms. The van der Waals surface area contributed by atoms with Gasteiger partial charge in [-0.1, -0.05) is 12.1 Å². The number of nitrogens with two attached hydrogens (primary N) is 1. The van der Waals surface area contributed by atoms with E-state index < -0.39 is 18.0 Å². The monoisotopic (exact) mass is 441 g/mol. The number of phenols is 1. The minimum absolute atomic E-state index is 0.0670. The Morgan fingerprint density at radius 3 is 2.34 bits per heavy atom. The summed E-state index contributed by atoms with van der Waals surface area (Å²) in [5, 5.41) is 15.7. The molecule has 0 fully saturated rings. The number of phenolic OH excluding ortho intramolecular Hbond substituents is 1. The van der Waals surface area contributed by atoms with Crippen molar-refractivity contribution in [1.82, 2.24) is 10.6 Å². The Kier molecular flexibility index (Phi) is 7.58. The van der Waals surface area contributed by atoms with Crippen LogP contribution in [0, 0.1) is 0 Å². The van der Waals surface area contributed by atoms with Crippen molar-refractivity contribution in [2.24, 2.45) is 5.73 Å². The molecule has 2 amide bonds. The van der Waals surface area contributed by atoms with Crippen molar-refractivity contribution in [3.63, 3.8) is 0 Å². The zero-order valence-corrected chi connectivity index (χ0v) is 18.7. The number of hydrogen-bond acceptors (Lipinski definition) is 6. The summed E-state index contributed by atoms with van der Waals surface area (Å²) in [6.45, 7) is 1.56. The highest BCUT2D eigenvalue weighted by atomic mass is 16.5. The lowest BCUT2D eigenvalue weighted by atomic mass is 9.87. The molecule has 3 atom stereocenters. The zero-order valence-electron chi connectivity index (χ0n) is 18.7. The van der Waals surface area contributed by atoms with Gasteiger partial charge in [0.1, 0.15) is 11.8 Å². The molecule has 0 saturated heterocycles. The number of nitrogens with one attached hydrogen (secondary N) is 2. The van der Waals surface area contributed by atoms with Crippen LogP contribution >= 0.6 is 0 Å². The van der Waals surface area contributed by atoms with Gasteiger partial charge < -0.3 is 30.9 Å². The van der Waals surface area contributed by atoms with Crippen LogP contribution in [0.4, 0.5) is 0 Å². The molecule has 3 rings (SSSR count). The lowest BCUT2D eigenvalue weighted by Gasteiger charge is -2.30. The summed E-state index contributed by atoms with van der Waals surface area (Å²) in [7, 11) is 3.23. The highest BCUT2D eigenvalue weighted by Gasteiger charge is 2.28. The van der Waals surface area contributed by atoms with Gasteiger partial charge in [-0.25, -0.2) is 0 Å². The van der Waals surface area contributed by atoms with Crippen LogP contribution in [-0.2, 0) is 28.9 Å². The summed E-state index contributed by atoms with van der Waals surface area (Å²) < 4.78 is 10.8. The Morgan fingerprint density at radius 1 is 1.12 bits per heavy atom. The molecule has 1 unspecified atom stereocenters. The minimum Gasteiger partial charge on any atom is -0.508 e. The number of fused-ring (bicyclic) bond motifs is 1. The normalized spacial score (nSPS) is 17.0. The summed E-state index contributed by atoms with van der Waals surface area (Å²) in [5.41, 5.74) is 8.58. The smallest absolute Gasteiger partial charge is 0.239 e. The number of carbonyl (C=O) groups excluding carboxylic acids is 2. The van der Waals surface area contributed by atoms with Gasteiger partial charge >= 0.3 is 0 Å². The maximum absolute atomic E-state index is 13.0. The molecule has 8 heteroatoms. The van der Waals surface area contributed by atoms with E-state index in [4.69, 9.17) is 15.2 Å². The van der Waals surface area contributed by atoms with Crippen LogP contribution < -0.4 is 25.8 Å². The first-order valence-corrected chi connectivity index (χ1v) is 10.7. The molecule has 32 heavy (non-hydrogen) atoms. The minimum atomic E-state index is -0.768. The second-order valence-electron chi connectivity index (χ2n) is 8.14. The van der Waals surface area contributed by atoms with Crippen LogP contribution in [0.2, 0.25) is 0 Å². The van der Waals surface area contributed by atoms with Gasteiger partial charge in [-0.05, 0) is 73.6 Å². The third-order valence-electron chi connectivity index (χ3n) is 5.85. The van der Waals surface area contributed by atoms with E-state index in [9.17, 15) is 14.7 Å². The summed E-state index contributed by atoms with van der Waals surface area (Å²) in [6.07, 6.45) is 2.85. The fraction of sp³-hybridized carbons (Fsp3) is 0.417. The van der Waals surface area contributed by atoms with Crippen LogP contribution in [0.25, 0.3) is 0 Å². The Hall–Kier alpha value is -3.26. The zero-order chi connectivity index (χ0) is 23.3. The van der Waals surface area contributed by atoms with Gasteiger partial charge in [0.05, 0.1) is 20.3 Å². The van der Waals surface area contributed by atoms with E-state index in [0.717, 1.165) is 30.4 Å². The molecular formula is C24H31N3O5. The van der Waals surface area contributed by atoms with Gasteiger partial charge in [-0.2, -0.15) is 0 Å². The summed E-state index contributed by atoms with van der Waals surface area (Å²) >= 11 is 0. The maximum atomic E-state index is 13.0. The van der Waals surface area contributed by atoms with Crippen LogP contribution in [0.15, 0.2) is 36.4 Å². The van der Waals surface area contributed by atoms with Crippen molar-refractivity contribution < 1.29 is 24.2 Å². The van der Waals surface area contributed by atoms with Crippen LogP contribution in [0.3, 0.4) is 0 Å². The average molecular weight is 442 g/mol. The van der Waals surface area contributed by atoms with E-state index in [1.54, 1.807) is 45.4 Å². The first-order chi connectivity index (χ1) is 15.3. The van der Waals surface area contributed by atoms with E-state index in [1.165, 1.54) is 5.56 Å². The van der Waals surface area contributed by atoms with Crippen molar-refractivity contribution in [1.29, 1.82) is 0 Å². The number of aromatic hydroxyl groups is 1. The second kappa shape index (κ2) is 10.4. The molecule has 0 saturated carbocycles. The van der Waals surface area contributed by atoms with Crippen molar-refractivity contribution >= 4 is 11.8 Å². The number of primary amides is 1. The Labute approximate surface area is 188 Å². The van der Waals surface area contributed by atoms with Gasteiger partial charge in [0.2, 0.25) is 11.8 Å². The van der Waals surface area contributed by atoms with E-state index in [0.29, 0.717) is 17.9 Å². The fourth-order valence-corrected chi connectivity index (χ4v) is 3.99. The molecule has 1 aliphatic rings. The summed E-state index contributed by atoms with van der Waals surface area (Å²) in [6, 6.07) is 9.48. The molecule has 1 aliphatic carbocycles.